The van der Waals surface area contributed by atoms with Crippen molar-refractivity contribution in [1.29, 1.82) is 0 Å². The summed E-state index contributed by atoms with van der Waals surface area (Å²) in [5, 5.41) is 0. The Hall–Kier alpha value is -1.10. The SMILES string of the molecule is COCC(C)C(=O)OCCOC(C)=O. The zero-order valence-corrected chi connectivity index (χ0v) is 8.74. The van der Waals surface area contributed by atoms with E-state index >= 15 is 0 Å². The molecule has 5 heteroatoms. The number of hydrogen-bond acceptors (Lipinski definition) is 5. The predicted molar refractivity (Wildman–Crippen MR) is 48.6 cm³/mol. The minimum Gasteiger partial charge on any atom is -0.462 e. The third kappa shape index (κ3) is 6.42. The summed E-state index contributed by atoms with van der Waals surface area (Å²) in [5.74, 6) is -1.03. The summed E-state index contributed by atoms with van der Waals surface area (Å²) in [4.78, 5) is 21.5. The highest BCUT2D eigenvalue weighted by Gasteiger charge is 2.13. The minimum atomic E-state index is -0.383. The van der Waals surface area contributed by atoms with Crippen LogP contribution in [0.3, 0.4) is 0 Å². The Morgan fingerprint density at radius 2 is 1.79 bits per heavy atom. The normalized spacial score (nSPS) is 11.9. The van der Waals surface area contributed by atoms with Gasteiger partial charge in [0.15, 0.2) is 0 Å². The summed E-state index contributed by atoms with van der Waals surface area (Å²) >= 11 is 0. The first-order valence-electron chi connectivity index (χ1n) is 4.37. The van der Waals surface area contributed by atoms with Crippen molar-refractivity contribution in [2.75, 3.05) is 26.9 Å². The maximum atomic E-state index is 11.1. The molecule has 0 aliphatic rings. The van der Waals surface area contributed by atoms with Gasteiger partial charge in [-0.15, -0.1) is 0 Å². The molecule has 1 unspecified atom stereocenters. The lowest BCUT2D eigenvalue weighted by molar-refractivity contribution is -0.155. The first kappa shape index (κ1) is 12.9. The molecule has 0 radical (unpaired) electrons. The third-order valence-corrected chi connectivity index (χ3v) is 1.45. The van der Waals surface area contributed by atoms with Gasteiger partial charge >= 0.3 is 11.9 Å². The molecule has 82 valence electrons. The van der Waals surface area contributed by atoms with Gasteiger partial charge in [0.1, 0.15) is 13.2 Å². The lowest BCUT2D eigenvalue weighted by Gasteiger charge is -2.09. The molecule has 0 aromatic rings. The zero-order valence-electron chi connectivity index (χ0n) is 8.74. The van der Waals surface area contributed by atoms with Gasteiger partial charge in [-0.3, -0.25) is 9.59 Å². The van der Waals surface area contributed by atoms with Crippen LogP contribution in [-0.4, -0.2) is 38.9 Å². The molecule has 0 fully saturated rings. The van der Waals surface area contributed by atoms with Crippen molar-refractivity contribution >= 4 is 11.9 Å². The van der Waals surface area contributed by atoms with Gasteiger partial charge in [-0.25, -0.2) is 0 Å². The molecule has 0 saturated carbocycles. The summed E-state index contributed by atoms with van der Waals surface area (Å²) in [7, 11) is 1.52. The van der Waals surface area contributed by atoms with Gasteiger partial charge < -0.3 is 14.2 Å². The summed E-state index contributed by atoms with van der Waals surface area (Å²) in [6.45, 7) is 3.52. The second-order valence-electron chi connectivity index (χ2n) is 2.86. The number of carbonyl (C=O) groups is 2. The van der Waals surface area contributed by atoms with Crippen LogP contribution in [0.1, 0.15) is 13.8 Å². The van der Waals surface area contributed by atoms with E-state index < -0.39 is 0 Å². The van der Waals surface area contributed by atoms with E-state index in [-0.39, 0.29) is 31.1 Å². The average molecular weight is 204 g/mol. The van der Waals surface area contributed by atoms with Crippen LogP contribution < -0.4 is 0 Å². The monoisotopic (exact) mass is 204 g/mol. The molecule has 0 rings (SSSR count). The third-order valence-electron chi connectivity index (χ3n) is 1.45. The molecule has 0 spiro atoms. The fourth-order valence-corrected chi connectivity index (χ4v) is 0.788. The van der Waals surface area contributed by atoms with Crippen molar-refractivity contribution in [2.24, 2.45) is 5.92 Å². The van der Waals surface area contributed by atoms with E-state index in [1.54, 1.807) is 6.92 Å². The molecule has 0 saturated heterocycles. The molecule has 0 heterocycles. The van der Waals surface area contributed by atoms with Gasteiger partial charge in [0, 0.05) is 14.0 Å². The molecule has 1 atom stereocenters. The van der Waals surface area contributed by atoms with Crippen molar-refractivity contribution in [3.8, 4) is 0 Å². The van der Waals surface area contributed by atoms with Crippen molar-refractivity contribution in [2.45, 2.75) is 13.8 Å². The van der Waals surface area contributed by atoms with Crippen LogP contribution in [0.4, 0.5) is 0 Å². The van der Waals surface area contributed by atoms with E-state index in [0.717, 1.165) is 0 Å². The van der Waals surface area contributed by atoms with Crippen LogP contribution in [0.25, 0.3) is 0 Å². The summed E-state index contributed by atoms with van der Waals surface area (Å²) < 4.78 is 14.2. The molecule has 0 aromatic heterocycles. The van der Waals surface area contributed by atoms with Gasteiger partial charge in [0.05, 0.1) is 12.5 Å². The van der Waals surface area contributed by atoms with E-state index in [2.05, 4.69) is 4.74 Å². The number of rotatable bonds is 6. The second-order valence-corrected chi connectivity index (χ2v) is 2.86. The summed E-state index contributed by atoms with van der Waals surface area (Å²) in [5.41, 5.74) is 0. The van der Waals surface area contributed by atoms with Gasteiger partial charge in [0.25, 0.3) is 0 Å². The Kier molecular flexibility index (Phi) is 6.74. The maximum absolute atomic E-state index is 11.1. The molecular formula is C9H16O5. The van der Waals surface area contributed by atoms with Crippen molar-refractivity contribution in [3.63, 3.8) is 0 Å². The number of methoxy groups -OCH3 is 1. The van der Waals surface area contributed by atoms with E-state index in [1.807, 2.05) is 0 Å². The van der Waals surface area contributed by atoms with Crippen molar-refractivity contribution in [1.82, 2.24) is 0 Å². The van der Waals surface area contributed by atoms with Crippen LogP contribution >= 0.6 is 0 Å². The van der Waals surface area contributed by atoms with E-state index in [4.69, 9.17) is 9.47 Å². The fraction of sp³-hybridized carbons (Fsp3) is 0.778. The van der Waals surface area contributed by atoms with E-state index in [9.17, 15) is 9.59 Å². The van der Waals surface area contributed by atoms with Gasteiger partial charge in [-0.2, -0.15) is 0 Å². The van der Waals surface area contributed by atoms with Crippen molar-refractivity contribution in [3.05, 3.63) is 0 Å². The smallest absolute Gasteiger partial charge is 0.311 e. The minimum absolute atomic E-state index is 0.0897. The lowest BCUT2D eigenvalue weighted by atomic mass is 10.2. The maximum Gasteiger partial charge on any atom is 0.311 e. The summed E-state index contributed by atoms with van der Waals surface area (Å²) in [6, 6.07) is 0. The first-order valence-corrected chi connectivity index (χ1v) is 4.37. The van der Waals surface area contributed by atoms with Gasteiger partial charge in [-0.05, 0) is 6.92 Å². The molecule has 14 heavy (non-hydrogen) atoms. The van der Waals surface area contributed by atoms with E-state index in [0.29, 0.717) is 6.61 Å². The quantitative estimate of drug-likeness (QED) is 0.462. The number of ether oxygens (including phenoxy) is 3. The highest BCUT2D eigenvalue weighted by Crippen LogP contribution is 1.98. The second kappa shape index (κ2) is 7.32. The first-order chi connectivity index (χ1) is 6.57. The Bertz CT molecular complexity index is 190. The lowest BCUT2D eigenvalue weighted by Crippen LogP contribution is -2.21. The summed E-state index contributed by atoms with van der Waals surface area (Å²) in [6.07, 6.45) is 0. The van der Waals surface area contributed by atoms with Crippen LogP contribution in [-0.2, 0) is 23.8 Å². The highest BCUT2D eigenvalue weighted by molar-refractivity contribution is 5.72. The van der Waals surface area contributed by atoms with Crippen LogP contribution in [0.15, 0.2) is 0 Å². The topological polar surface area (TPSA) is 61.8 Å². The van der Waals surface area contributed by atoms with Gasteiger partial charge in [0.2, 0.25) is 0 Å². The Morgan fingerprint density at radius 1 is 1.21 bits per heavy atom. The highest BCUT2D eigenvalue weighted by atomic mass is 16.6. The number of carbonyl (C=O) groups excluding carboxylic acids is 2. The van der Waals surface area contributed by atoms with Crippen LogP contribution in [0.5, 0.6) is 0 Å². The molecule has 0 aliphatic carbocycles. The van der Waals surface area contributed by atoms with Crippen LogP contribution in [0.2, 0.25) is 0 Å². The molecule has 0 bridgehead atoms. The fourth-order valence-electron chi connectivity index (χ4n) is 0.788. The molecule has 5 nitrogen and oxygen atoms in total. The van der Waals surface area contributed by atoms with Crippen molar-refractivity contribution < 1.29 is 23.8 Å². The van der Waals surface area contributed by atoms with Crippen LogP contribution in [0, 0.1) is 5.92 Å². The number of esters is 2. The number of hydrogen-bond donors (Lipinski definition) is 0. The molecule has 0 aromatic carbocycles. The zero-order chi connectivity index (χ0) is 11.0. The largest absolute Gasteiger partial charge is 0.462 e. The molecule has 0 amide bonds. The Labute approximate surface area is 83.3 Å². The predicted octanol–water partition coefficient (Wildman–Crippen LogP) is 0.375. The standard InChI is InChI=1S/C9H16O5/c1-7(6-12-3)9(11)14-5-4-13-8(2)10/h7H,4-6H2,1-3H3. The Morgan fingerprint density at radius 3 is 2.29 bits per heavy atom. The molecule has 0 aliphatic heterocycles. The molecular weight excluding hydrogens is 188 g/mol. The van der Waals surface area contributed by atoms with E-state index in [1.165, 1.54) is 14.0 Å². The molecule has 0 N–H and O–H groups in total. The Balaban J connectivity index is 3.48. The van der Waals surface area contributed by atoms with Gasteiger partial charge in [-0.1, -0.05) is 0 Å². The average Bonchev–Trinajstić information content (AvgIpc) is 2.12.